The average Bonchev–Trinajstić information content (AvgIpc) is 2.67. The molecule has 0 spiro atoms. The minimum absolute atomic E-state index is 0.0530. The number of carbonyl (C=O) groups excluding carboxylic acids is 1. The summed E-state index contributed by atoms with van der Waals surface area (Å²) in [4.78, 5) is 34.4. The summed E-state index contributed by atoms with van der Waals surface area (Å²) in [6.07, 6.45) is 0.273. The Morgan fingerprint density at radius 3 is 2.64 bits per heavy atom. The Labute approximate surface area is 167 Å². The Bertz CT molecular complexity index is 1040. The van der Waals surface area contributed by atoms with Crippen molar-refractivity contribution in [3.63, 3.8) is 0 Å². The zero-order valence-electron chi connectivity index (χ0n) is 15.8. The number of H-pyrrole nitrogens is 1. The number of aromatic amines is 1. The first-order valence-electron chi connectivity index (χ1n) is 9.10. The predicted octanol–water partition coefficient (Wildman–Crippen LogP) is 3.98. The van der Waals surface area contributed by atoms with Crippen molar-refractivity contribution < 1.29 is 9.18 Å². The highest BCUT2D eigenvalue weighted by Gasteiger charge is 2.19. The lowest BCUT2D eigenvalue weighted by Crippen LogP contribution is -2.37. The third-order valence-electron chi connectivity index (χ3n) is 4.34. The van der Waals surface area contributed by atoms with Crippen LogP contribution in [-0.2, 0) is 11.3 Å². The number of rotatable bonds is 7. The minimum atomic E-state index is -0.279. The second-order valence-electron chi connectivity index (χ2n) is 6.67. The van der Waals surface area contributed by atoms with Gasteiger partial charge in [0.1, 0.15) is 11.6 Å². The summed E-state index contributed by atoms with van der Waals surface area (Å²) in [5.74, 6) is 0.589. The molecule has 0 bridgehead atoms. The molecule has 1 amide bonds. The smallest absolute Gasteiger partial charge is 0.258 e. The highest BCUT2D eigenvalue weighted by molar-refractivity contribution is 7.99. The first-order chi connectivity index (χ1) is 13.5. The van der Waals surface area contributed by atoms with Crippen LogP contribution in [0.1, 0.15) is 26.1 Å². The van der Waals surface area contributed by atoms with E-state index in [9.17, 15) is 14.0 Å². The number of hydrogen-bond donors (Lipinski definition) is 1. The molecule has 1 N–H and O–H groups in total. The number of para-hydroxylation sites is 1. The summed E-state index contributed by atoms with van der Waals surface area (Å²) in [7, 11) is 0. The quantitative estimate of drug-likeness (QED) is 0.610. The molecule has 1 aromatic heterocycles. The number of aromatic nitrogens is 2. The second kappa shape index (κ2) is 9.01. The third kappa shape index (κ3) is 4.78. The van der Waals surface area contributed by atoms with Gasteiger partial charge in [-0.3, -0.25) is 9.59 Å². The van der Waals surface area contributed by atoms with Gasteiger partial charge in [-0.1, -0.05) is 24.3 Å². The Hall–Kier alpha value is -2.67. The molecule has 3 aromatic rings. The molecule has 1 heterocycles. The van der Waals surface area contributed by atoms with Gasteiger partial charge in [0.05, 0.1) is 17.4 Å². The van der Waals surface area contributed by atoms with E-state index in [1.807, 2.05) is 19.9 Å². The van der Waals surface area contributed by atoms with Crippen LogP contribution in [0.25, 0.3) is 10.9 Å². The van der Waals surface area contributed by atoms with Gasteiger partial charge >= 0.3 is 0 Å². The molecule has 0 saturated carbocycles. The van der Waals surface area contributed by atoms with E-state index in [2.05, 4.69) is 9.97 Å². The van der Waals surface area contributed by atoms with Gasteiger partial charge in [-0.05, 0) is 38.1 Å². The average molecular weight is 399 g/mol. The highest BCUT2D eigenvalue weighted by Crippen LogP contribution is 2.22. The number of hydrogen-bond acceptors (Lipinski definition) is 4. The van der Waals surface area contributed by atoms with E-state index < -0.39 is 0 Å². The number of carbonyl (C=O) groups is 1. The summed E-state index contributed by atoms with van der Waals surface area (Å²) in [5, 5.41) is 0.523. The second-order valence-corrected chi connectivity index (χ2v) is 7.81. The number of nitrogens with zero attached hydrogens (tertiary/aromatic N) is 2. The molecule has 0 atom stereocenters. The number of fused-ring (bicyclic) bond motifs is 1. The zero-order chi connectivity index (χ0) is 20.1. The number of benzene rings is 2. The fourth-order valence-corrected chi connectivity index (χ4v) is 3.76. The van der Waals surface area contributed by atoms with Gasteiger partial charge in [-0.2, -0.15) is 0 Å². The standard InChI is InChI=1S/C21H22FN3O2S/c1-14(2)25(20(26)11-12-28-18-10-6-4-8-16(18)22)13-19-23-17-9-5-3-7-15(17)21(27)24-19/h3-10,14H,11-13H2,1-2H3,(H,23,24,27). The van der Waals surface area contributed by atoms with Gasteiger partial charge < -0.3 is 9.88 Å². The molecule has 2 aromatic carbocycles. The van der Waals surface area contributed by atoms with Gasteiger partial charge in [0.2, 0.25) is 5.91 Å². The van der Waals surface area contributed by atoms with Gasteiger partial charge in [0.15, 0.2) is 0 Å². The van der Waals surface area contributed by atoms with Crippen LogP contribution in [0.3, 0.4) is 0 Å². The van der Waals surface area contributed by atoms with Crippen molar-refractivity contribution in [2.45, 2.75) is 37.8 Å². The Morgan fingerprint density at radius 2 is 1.89 bits per heavy atom. The monoisotopic (exact) mass is 399 g/mol. The van der Waals surface area contributed by atoms with Crippen LogP contribution >= 0.6 is 11.8 Å². The van der Waals surface area contributed by atoms with Crippen molar-refractivity contribution in [2.24, 2.45) is 0 Å². The van der Waals surface area contributed by atoms with Crippen LogP contribution < -0.4 is 5.56 Å². The fraction of sp³-hybridized carbons (Fsp3) is 0.286. The van der Waals surface area contributed by atoms with Crippen molar-refractivity contribution in [1.29, 1.82) is 0 Å². The molecule has 0 saturated heterocycles. The van der Waals surface area contributed by atoms with Gasteiger partial charge in [0.25, 0.3) is 5.56 Å². The van der Waals surface area contributed by atoms with E-state index in [1.165, 1.54) is 17.8 Å². The minimum Gasteiger partial charge on any atom is -0.333 e. The summed E-state index contributed by atoms with van der Waals surface area (Å²) in [6, 6.07) is 13.6. The zero-order valence-corrected chi connectivity index (χ0v) is 16.6. The molecule has 28 heavy (non-hydrogen) atoms. The summed E-state index contributed by atoms with van der Waals surface area (Å²) in [6.45, 7) is 4.06. The van der Waals surface area contributed by atoms with Gasteiger partial charge in [0, 0.05) is 23.1 Å². The van der Waals surface area contributed by atoms with E-state index in [4.69, 9.17) is 0 Å². The number of amides is 1. The largest absolute Gasteiger partial charge is 0.333 e. The lowest BCUT2D eigenvalue weighted by atomic mass is 10.2. The van der Waals surface area contributed by atoms with E-state index >= 15 is 0 Å². The van der Waals surface area contributed by atoms with Crippen LogP contribution in [0, 0.1) is 5.82 Å². The molecule has 0 fully saturated rings. The Morgan fingerprint density at radius 1 is 1.18 bits per heavy atom. The van der Waals surface area contributed by atoms with Crippen molar-refractivity contribution >= 4 is 28.6 Å². The van der Waals surface area contributed by atoms with Crippen molar-refractivity contribution in [1.82, 2.24) is 14.9 Å². The molecular formula is C21H22FN3O2S. The van der Waals surface area contributed by atoms with Crippen LogP contribution in [0.15, 0.2) is 58.2 Å². The molecule has 7 heteroatoms. The number of nitrogens with one attached hydrogen (secondary N) is 1. The van der Waals surface area contributed by atoms with Crippen molar-refractivity contribution in [3.8, 4) is 0 Å². The van der Waals surface area contributed by atoms with E-state index in [-0.39, 0.29) is 36.3 Å². The first-order valence-corrected chi connectivity index (χ1v) is 10.1. The molecule has 3 rings (SSSR count). The third-order valence-corrected chi connectivity index (χ3v) is 5.39. The van der Waals surface area contributed by atoms with E-state index in [0.29, 0.717) is 27.4 Å². The SMILES string of the molecule is CC(C)N(Cc1nc2ccccc2c(=O)[nH]1)C(=O)CCSc1ccccc1F. The highest BCUT2D eigenvalue weighted by atomic mass is 32.2. The molecule has 0 unspecified atom stereocenters. The summed E-state index contributed by atoms with van der Waals surface area (Å²) >= 11 is 1.32. The van der Waals surface area contributed by atoms with Crippen molar-refractivity contribution in [3.05, 3.63) is 70.5 Å². The molecular weight excluding hydrogens is 377 g/mol. The molecule has 5 nitrogen and oxygen atoms in total. The topological polar surface area (TPSA) is 66.1 Å². The summed E-state index contributed by atoms with van der Waals surface area (Å²) < 4.78 is 13.7. The van der Waals surface area contributed by atoms with Crippen LogP contribution in [-0.4, -0.2) is 32.6 Å². The molecule has 0 aliphatic heterocycles. The molecule has 146 valence electrons. The van der Waals surface area contributed by atoms with E-state index in [1.54, 1.807) is 41.3 Å². The lowest BCUT2D eigenvalue weighted by Gasteiger charge is -2.26. The number of thioether (sulfide) groups is 1. The predicted molar refractivity (Wildman–Crippen MR) is 110 cm³/mol. The fourth-order valence-electron chi connectivity index (χ4n) is 2.88. The maximum absolute atomic E-state index is 13.7. The lowest BCUT2D eigenvalue weighted by molar-refractivity contribution is -0.133. The molecule has 0 aliphatic rings. The van der Waals surface area contributed by atoms with Crippen LogP contribution in [0.5, 0.6) is 0 Å². The van der Waals surface area contributed by atoms with Crippen LogP contribution in [0.4, 0.5) is 4.39 Å². The van der Waals surface area contributed by atoms with Crippen molar-refractivity contribution in [2.75, 3.05) is 5.75 Å². The van der Waals surface area contributed by atoms with Crippen LogP contribution in [0.2, 0.25) is 0 Å². The van der Waals surface area contributed by atoms with E-state index in [0.717, 1.165) is 0 Å². The van der Waals surface area contributed by atoms with Gasteiger partial charge in [-0.15, -0.1) is 11.8 Å². The summed E-state index contributed by atoms with van der Waals surface area (Å²) in [5.41, 5.74) is 0.388. The molecule has 0 aliphatic carbocycles. The maximum Gasteiger partial charge on any atom is 0.258 e. The first kappa shape index (κ1) is 20.1. The van der Waals surface area contributed by atoms with Gasteiger partial charge in [-0.25, -0.2) is 9.37 Å². The maximum atomic E-state index is 13.7. The number of halogens is 1. The normalized spacial score (nSPS) is 11.1. The Balaban J connectivity index is 1.68. The Kier molecular flexibility index (Phi) is 6.46. The molecule has 0 radical (unpaired) electrons.